The lowest BCUT2D eigenvalue weighted by Gasteiger charge is -2.15. The third kappa shape index (κ3) is 2.40. The zero-order valence-electron chi connectivity index (χ0n) is 10.4. The molecule has 1 atom stereocenters. The molecular weight excluding hydrogens is 249 g/mol. The molecule has 1 unspecified atom stereocenters. The van der Waals surface area contributed by atoms with Gasteiger partial charge >= 0.3 is 0 Å². The van der Waals surface area contributed by atoms with E-state index in [9.17, 15) is 4.39 Å². The van der Waals surface area contributed by atoms with Gasteiger partial charge in [-0.1, -0.05) is 13.0 Å². The number of benzene rings is 1. The maximum atomic E-state index is 13.9. The lowest BCUT2D eigenvalue weighted by molar-refractivity contribution is 0.402. The summed E-state index contributed by atoms with van der Waals surface area (Å²) in [5, 5.41) is 0. The van der Waals surface area contributed by atoms with Crippen molar-refractivity contribution in [3.05, 3.63) is 51.5 Å². The molecule has 1 heterocycles. The second kappa shape index (κ2) is 5.50. The molecule has 2 aromatic rings. The van der Waals surface area contributed by atoms with Gasteiger partial charge in [0.05, 0.1) is 18.7 Å². The molecule has 4 heteroatoms. The summed E-state index contributed by atoms with van der Waals surface area (Å²) in [6.07, 6.45) is 0.964. The quantitative estimate of drug-likeness (QED) is 0.918. The van der Waals surface area contributed by atoms with Crippen LogP contribution in [0.15, 0.2) is 30.3 Å². The summed E-state index contributed by atoms with van der Waals surface area (Å²) in [6, 6.07) is 8.27. The van der Waals surface area contributed by atoms with E-state index in [0.717, 1.165) is 11.3 Å². The third-order valence-corrected chi connectivity index (χ3v) is 4.19. The van der Waals surface area contributed by atoms with Crippen molar-refractivity contribution in [2.24, 2.45) is 5.73 Å². The normalized spacial score (nSPS) is 12.4. The number of hydrogen-bond acceptors (Lipinski definition) is 3. The highest BCUT2D eigenvalue weighted by atomic mass is 32.1. The molecule has 2 nitrogen and oxygen atoms in total. The fourth-order valence-corrected chi connectivity index (χ4v) is 2.86. The summed E-state index contributed by atoms with van der Waals surface area (Å²) in [5.74, 6) is 0.169. The molecule has 0 radical (unpaired) electrons. The molecule has 2 N–H and O–H groups in total. The van der Waals surface area contributed by atoms with E-state index >= 15 is 0 Å². The minimum atomic E-state index is -0.480. The largest absolute Gasteiger partial charge is 0.496 e. The first kappa shape index (κ1) is 13.1. The van der Waals surface area contributed by atoms with Crippen LogP contribution in [0.4, 0.5) is 4.39 Å². The Morgan fingerprint density at radius 1 is 1.33 bits per heavy atom. The standard InChI is InChI=1S/C14H16FNOS/c1-3-9-7-8-12(18-9)14(16)13-10(15)5-4-6-11(13)17-2/h4-8,14H,3,16H2,1-2H3. The predicted molar refractivity (Wildman–Crippen MR) is 72.7 cm³/mol. The molecule has 0 aliphatic carbocycles. The van der Waals surface area contributed by atoms with Crippen molar-refractivity contribution < 1.29 is 9.13 Å². The van der Waals surface area contributed by atoms with Crippen LogP contribution in [0.3, 0.4) is 0 Å². The van der Waals surface area contributed by atoms with E-state index < -0.39 is 6.04 Å². The molecule has 0 fully saturated rings. The molecule has 96 valence electrons. The molecule has 1 aromatic carbocycles. The van der Waals surface area contributed by atoms with Crippen molar-refractivity contribution in [3.63, 3.8) is 0 Å². The Bertz CT molecular complexity index is 538. The van der Waals surface area contributed by atoms with E-state index in [4.69, 9.17) is 10.5 Å². The Hall–Kier alpha value is -1.39. The molecule has 18 heavy (non-hydrogen) atoms. The van der Waals surface area contributed by atoms with Crippen molar-refractivity contribution in [3.8, 4) is 5.75 Å². The minimum Gasteiger partial charge on any atom is -0.496 e. The van der Waals surface area contributed by atoms with Crippen LogP contribution >= 0.6 is 11.3 Å². The number of hydrogen-bond donors (Lipinski definition) is 1. The molecule has 0 spiro atoms. The second-order valence-corrected chi connectivity index (χ2v) is 5.19. The van der Waals surface area contributed by atoms with Gasteiger partial charge in [-0.2, -0.15) is 0 Å². The number of rotatable bonds is 4. The van der Waals surface area contributed by atoms with E-state index in [1.165, 1.54) is 18.1 Å². The van der Waals surface area contributed by atoms with Crippen LogP contribution in [0.2, 0.25) is 0 Å². The Morgan fingerprint density at radius 2 is 2.11 bits per heavy atom. The van der Waals surface area contributed by atoms with Crippen LogP contribution in [0.25, 0.3) is 0 Å². The average molecular weight is 265 g/mol. The van der Waals surface area contributed by atoms with Gasteiger partial charge in [-0.25, -0.2) is 4.39 Å². The van der Waals surface area contributed by atoms with Gasteiger partial charge in [-0.3, -0.25) is 0 Å². The van der Waals surface area contributed by atoms with Gasteiger partial charge < -0.3 is 10.5 Å². The smallest absolute Gasteiger partial charge is 0.132 e. The lowest BCUT2D eigenvalue weighted by atomic mass is 10.0. The Balaban J connectivity index is 2.41. The highest BCUT2D eigenvalue weighted by molar-refractivity contribution is 7.12. The van der Waals surface area contributed by atoms with Gasteiger partial charge in [0.1, 0.15) is 11.6 Å². The van der Waals surface area contributed by atoms with Crippen LogP contribution < -0.4 is 10.5 Å². The van der Waals surface area contributed by atoms with E-state index in [-0.39, 0.29) is 5.82 Å². The molecule has 0 saturated heterocycles. The van der Waals surface area contributed by atoms with Crippen LogP contribution in [-0.4, -0.2) is 7.11 Å². The topological polar surface area (TPSA) is 35.2 Å². The summed E-state index contributed by atoms with van der Waals surface area (Å²) in [5.41, 5.74) is 6.57. The lowest BCUT2D eigenvalue weighted by Crippen LogP contribution is -2.13. The molecule has 0 aliphatic rings. The van der Waals surface area contributed by atoms with Gasteiger partial charge in [-0.05, 0) is 30.7 Å². The first-order chi connectivity index (χ1) is 8.67. The zero-order valence-corrected chi connectivity index (χ0v) is 11.3. The van der Waals surface area contributed by atoms with E-state index in [1.54, 1.807) is 23.5 Å². The Labute approximate surface area is 110 Å². The third-order valence-electron chi connectivity index (χ3n) is 2.88. The first-order valence-electron chi connectivity index (χ1n) is 5.84. The number of halogens is 1. The maximum absolute atomic E-state index is 13.9. The fourth-order valence-electron chi connectivity index (χ4n) is 1.89. The van der Waals surface area contributed by atoms with Crippen molar-refractivity contribution >= 4 is 11.3 Å². The van der Waals surface area contributed by atoms with Crippen molar-refractivity contribution in [2.45, 2.75) is 19.4 Å². The fraction of sp³-hybridized carbons (Fsp3) is 0.286. The maximum Gasteiger partial charge on any atom is 0.132 e. The molecule has 0 amide bonds. The Morgan fingerprint density at radius 3 is 2.72 bits per heavy atom. The number of methoxy groups -OCH3 is 1. The highest BCUT2D eigenvalue weighted by Gasteiger charge is 2.19. The summed E-state index contributed by atoms with van der Waals surface area (Å²) in [7, 11) is 1.52. The van der Waals surface area contributed by atoms with Crippen LogP contribution in [0.1, 0.15) is 28.3 Å². The number of nitrogens with two attached hydrogens (primary N) is 1. The van der Waals surface area contributed by atoms with E-state index in [2.05, 4.69) is 6.92 Å². The van der Waals surface area contributed by atoms with Crippen LogP contribution in [0, 0.1) is 5.82 Å². The molecule has 2 rings (SSSR count). The van der Waals surface area contributed by atoms with Gasteiger partial charge in [0.25, 0.3) is 0 Å². The van der Waals surface area contributed by atoms with Crippen molar-refractivity contribution in [1.82, 2.24) is 0 Å². The van der Waals surface area contributed by atoms with Gasteiger partial charge in [-0.15, -0.1) is 11.3 Å². The van der Waals surface area contributed by atoms with E-state index in [1.807, 2.05) is 12.1 Å². The highest BCUT2D eigenvalue weighted by Crippen LogP contribution is 2.33. The average Bonchev–Trinajstić information content (AvgIpc) is 2.86. The summed E-state index contributed by atoms with van der Waals surface area (Å²) in [4.78, 5) is 2.20. The molecule has 0 bridgehead atoms. The summed E-state index contributed by atoms with van der Waals surface area (Å²) in [6.45, 7) is 2.09. The molecule has 1 aromatic heterocycles. The first-order valence-corrected chi connectivity index (χ1v) is 6.65. The molecular formula is C14H16FNOS. The number of thiophene rings is 1. The predicted octanol–water partition coefficient (Wildman–Crippen LogP) is 3.51. The van der Waals surface area contributed by atoms with Crippen molar-refractivity contribution in [1.29, 1.82) is 0 Å². The van der Waals surface area contributed by atoms with Gasteiger partial charge in [0, 0.05) is 9.75 Å². The minimum absolute atomic E-state index is 0.326. The molecule has 0 aliphatic heterocycles. The summed E-state index contributed by atoms with van der Waals surface area (Å²) >= 11 is 1.62. The molecule has 0 saturated carbocycles. The number of ether oxygens (including phenoxy) is 1. The van der Waals surface area contributed by atoms with Crippen molar-refractivity contribution in [2.75, 3.05) is 7.11 Å². The zero-order chi connectivity index (χ0) is 13.1. The van der Waals surface area contributed by atoms with Crippen LogP contribution in [0.5, 0.6) is 5.75 Å². The Kier molecular flexibility index (Phi) is 3.99. The van der Waals surface area contributed by atoms with Gasteiger partial charge in [0.2, 0.25) is 0 Å². The number of aryl methyl sites for hydroxylation is 1. The second-order valence-electron chi connectivity index (χ2n) is 3.99. The van der Waals surface area contributed by atoms with Gasteiger partial charge in [0.15, 0.2) is 0 Å². The monoisotopic (exact) mass is 265 g/mol. The SMILES string of the molecule is CCc1ccc(C(N)c2c(F)cccc2OC)s1. The van der Waals surface area contributed by atoms with Crippen LogP contribution in [-0.2, 0) is 6.42 Å². The summed E-state index contributed by atoms with van der Waals surface area (Å²) < 4.78 is 19.1. The van der Waals surface area contributed by atoms with E-state index in [0.29, 0.717) is 11.3 Å².